The Balaban J connectivity index is 1.59. The fraction of sp³-hybridized carbons (Fsp3) is 0.786. The molecule has 0 saturated heterocycles. The van der Waals surface area contributed by atoms with Crippen molar-refractivity contribution in [2.45, 2.75) is 49.9 Å². The average Bonchev–Trinajstić information content (AvgIpc) is 2.87. The van der Waals surface area contributed by atoms with E-state index in [1.165, 1.54) is 32.8 Å². The minimum absolute atomic E-state index is 0.240. The van der Waals surface area contributed by atoms with Crippen LogP contribution >= 0.6 is 0 Å². The van der Waals surface area contributed by atoms with Crippen LogP contribution in [-0.2, 0) is 14.9 Å². The smallest absolute Gasteiger partial charge is 0.321 e. The van der Waals surface area contributed by atoms with Crippen LogP contribution in [0.25, 0.3) is 0 Å². The molecular weight excluding hydrogens is 244 g/mol. The van der Waals surface area contributed by atoms with Gasteiger partial charge in [0.15, 0.2) is 5.82 Å². The van der Waals surface area contributed by atoms with Gasteiger partial charge in [-0.2, -0.15) is 4.98 Å². The van der Waals surface area contributed by atoms with Crippen LogP contribution in [0.5, 0.6) is 0 Å². The first-order valence-electron chi connectivity index (χ1n) is 7.15. The molecule has 5 heteroatoms. The molecule has 3 fully saturated rings. The molecule has 1 aromatic rings. The molecule has 0 radical (unpaired) electrons. The van der Waals surface area contributed by atoms with Gasteiger partial charge >= 0.3 is 5.97 Å². The highest BCUT2D eigenvalue weighted by Crippen LogP contribution is 2.53. The Hall–Kier alpha value is -1.39. The maximum Gasteiger partial charge on any atom is 0.321 e. The Bertz CT molecular complexity index is 521. The van der Waals surface area contributed by atoms with Crippen molar-refractivity contribution in [3.63, 3.8) is 0 Å². The minimum atomic E-state index is -0.627. The van der Waals surface area contributed by atoms with Crippen LogP contribution < -0.4 is 0 Å². The Morgan fingerprint density at radius 1 is 1.37 bits per heavy atom. The lowest BCUT2D eigenvalue weighted by Gasteiger charge is -2.17. The van der Waals surface area contributed by atoms with E-state index < -0.39 is 5.41 Å². The third-order valence-corrected chi connectivity index (χ3v) is 5.25. The first-order chi connectivity index (χ1) is 9.23. The van der Waals surface area contributed by atoms with Gasteiger partial charge in [-0.25, -0.2) is 0 Å². The standard InChI is InChI=1S/C14H18N2O3/c1-18-13(17)14(4-5-14)12-15-11(16-19-12)10-7-8-2-3-9(10)6-8/h8-10H,2-7H2,1H3. The topological polar surface area (TPSA) is 65.2 Å². The van der Waals surface area contributed by atoms with E-state index in [-0.39, 0.29) is 5.97 Å². The van der Waals surface area contributed by atoms with Crippen LogP contribution in [0, 0.1) is 11.8 Å². The van der Waals surface area contributed by atoms with Crippen molar-refractivity contribution in [2.75, 3.05) is 7.11 Å². The molecule has 0 spiro atoms. The summed E-state index contributed by atoms with van der Waals surface area (Å²) in [4.78, 5) is 16.3. The third-order valence-electron chi connectivity index (χ3n) is 5.25. The number of carbonyl (C=O) groups excluding carboxylic acids is 1. The van der Waals surface area contributed by atoms with E-state index in [2.05, 4.69) is 10.1 Å². The fourth-order valence-corrected chi connectivity index (χ4v) is 3.97. The maximum absolute atomic E-state index is 11.8. The predicted molar refractivity (Wildman–Crippen MR) is 65.4 cm³/mol. The van der Waals surface area contributed by atoms with Crippen LogP contribution in [-0.4, -0.2) is 23.2 Å². The molecule has 3 unspecified atom stereocenters. The summed E-state index contributed by atoms with van der Waals surface area (Å²) in [6.07, 6.45) is 6.68. The lowest BCUT2D eigenvalue weighted by molar-refractivity contribution is -0.144. The normalized spacial score (nSPS) is 34.5. The van der Waals surface area contributed by atoms with Crippen molar-refractivity contribution < 1.29 is 14.1 Å². The summed E-state index contributed by atoms with van der Waals surface area (Å²) in [6.45, 7) is 0. The number of rotatable bonds is 3. The number of nitrogens with zero attached hydrogens (tertiary/aromatic N) is 2. The molecule has 1 heterocycles. The maximum atomic E-state index is 11.8. The van der Waals surface area contributed by atoms with Gasteiger partial charge in [-0.05, 0) is 43.9 Å². The summed E-state index contributed by atoms with van der Waals surface area (Å²) < 4.78 is 10.2. The first kappa shape index (κ1) is 11.4. The highest BCUT2D eigenvalue weighted by atomic mass is 16.5. The highest BCUT2D eigenvalue weighted by Gasteiger charge is 2.58. The number of fused-ring (bicyclic) bond motifs is 2. The molecule has 19 heavy (non-hydrogen) atoms. The van der Waals surface area contributed by atoms with Gasteiger partial charge in [0.25, 0.3) is 0 Å². The van der Waals surface area contributed by atoms with Crippen molar-refractivity contribution >= 4 is 5.97 Å². The number of carbonyl (C=O) groups is 1. The van der Waals surface area contributed by atoms with Crippen molar-refractivity contribution in [3.8, 4) is 0 Å². The van der Waals surface area contributed by atoms with Gasteiger partial charge in [-0.15, -0.1) is 0 Å². The summed E-state index contributed by atoms with van der Waals surface area (Å²) in [7, 11) is 1.41. The minimum Gasteiger partial charge on any atom is -0.468 e. The third kappa shape index (κ3) is 1.56. The van der Waals surface area contributed by atoms with Gasteiger partial charge < -0.3 is 9.26 Å². The molecule has 0 aliphatic heterocycles. The number of aromatic nitrogens is 2. The molecule has 0 aromatic carbocycles. The van der Waals surface area contributed by atoms with E-state index in [0.29, 0.717) is 11.8 Å². The number of ether oxygens (including phenoxy) is 1. The van der Waals surface area contributed by atoms with Gasteiger partial charge in [-0.1, -0.05) is 11.6 Å². The van der Waals surface area contributed by atoms with Crippen molar-refractivity contribution in [3.05, 3.63) is 11.7 Å². The van der Waals surface area contributed by atoms with Gasteiger partial charge in [0.05, 0.1) is 7.11 Å². The predicted octanol–water partition coefficient (Wildman–Crippen LogP) is 2.18. The monoisotopic (exact) mass is 262 g/mol. The zero-order valence-corrected chi connectivity index (χ0v) is 11.1. The van der Waals surface area contributed by atoms with Crippen LogP contribution in [0.15, 0.2) is 4.52 Å². The van der Waals surface area contributed by atoms with E-state index in [9.17, 15) is 4.79 Å². The van der Waals surface area contributed by atoms with Crippen LogP contribution in [0.4, 0.5) is 0 Å². The average molecular weight is 262 g/mol. The second-order valence-corrected chi connectivity index (χ2v) is 6.31. The van der Waals surface area contributed by atoms with Crippen LogP contribution in [0.2, 0.25) is 0 Å². The van der Waals surface area contributed by atoms with Gasteiger partial charge in [0, 0.05) is 5.92 Å². The molecular formula is C14H18N2O3. The second kappa shape index (κ2) is 3.81. The molecule has 3 atom stereocenters. The fourth-order valence-electron chi connectivity index (χ4n) is 3.97. The molecule has 3 aliphatic carbocycles. The molecule has 0 amide bonds. The number of methoxy groups -OCH3 is 1. The van der Waals surface area contributed by atoms with Gasteiger partial charge in [0.1, 0.15) is 5.41 Å². The Labute approximate surface area is 111 Å². The molecule has 5 nitrogen and oxygen atoms in total. The van der Waals surface area contributed by atoms with E-state index in [0.717, 1.165) is 30.5 Å². The summed E-state index contributed by atoms with van der Waals surface area (Å²) in [5, 5.41) is 4.15. The first-order valence-corrected chi connectivity index (χ1v) is 7.15. The number of esters is 1. The van der Waals surface area contributed by atoms with E-state index in [4.69, 9.17) is 9.26 Å². The highest BCUT2D eigenvalue weighted by molar-refractivity contribution is 5.85. The summed E-state index contributed by atoms with van der Waals surface area (Å²) >= 11 is 0. The van der Waals surface area contributed by atoms with Crippen molar-refractivity contribution in [1.82, 2.24) is 10.1 Å². The van der Waals surface area contributed by atoms with Crippen molar-refractivity contribution in [1.29, 1.82) is 0 Å². The van der Waals surface area contributed by atoms with Crippen LogP contribution in [0.3, 0.4) is 0 Å². The van der Waals surface area contributed by atoms with Crippen LogP contribution in [0.1, 0.15) is 56.2 Å². The zero-order valence-electron chi connectivity index (χ0n) is 11.1. The molecule has 0 N–H and O–H groups in total. The Morgan fingerprint density at radius 2 is 2.21 bits per heavy atom. The summed E-state index contributed by atoms with van der Waals surface area (Å²) in [6, 6.07) is 0. The van der Waals surface area contributed by atoms with Gasteiger partial charge in [0.2, 0.25) is 5.89 Å². The SMILES string of the molecule is COC(=O)C1(c2nc(C3CC4CCC3C4)no2)CC1. The Kier molecular flexibility index (Phi) is 2.29. The molecule has 4 rings (SSSR count). The lowest BCUT2D eigenvalue weighted by Crippen LogP contribution is -2.22. The molecule has 2 bridgehead atoms. The quantitative estimate of drug-likeness (QED) is 0.781. The Morgan fingerprint density at radius 3 is 2.79 bits per heavy atom. The number of hydrogen-bond donors (Lipinski definition) is 0. The number of hydrogen-bond acceptors (Lipinski definition) is 5. The van der Waals surface area contributed by atoms with Gasteiger partial charge in [-0.3, -0.25) is 4.79 Å². The van der Waals surface area contributed by atoms with Crippen molar-refractivity contribution in [2.24, 2.45) is 11.8 Å². The zero-order chi connectivity index (χ0) is 13.0. The lowest BCUT2D eigenvalue weighted by atomic mass is 9.88. The summed E-state index contributed by atoms with van der Waals surface area (Å²) in [5.74, 6) is 3.08. The molecule has 1 aromatic heterocycles. The van der Waals surface area contributed by atoms with E-state index in [1.807, 2.05) is 0 Å². The second-order valence-electron chi connectivity index (χ2n) is 6.31. The van der Waals surface area contributed by atoms with E-state index >= 15 is 0 Å². The molecule has 3 aliphatic rings. The summed E-state index contributed by atoms with van der Waals surface area (Å²) in [5.41, 5.74) is -0.627. The molecule has 102 valence electrons. The molecule has 3 saturated carbocycles. The van der Waals surface area contributed by atoms with E-state index in [1.54, 1.807) is 0 Å². The largest absolute Gasteiger partial charge is 0.468 e.